The van der Waals surface area contributed by atoms with Gasteiger partial charge in [-0.25, -0.2) is 9.97 Å². The van der Waals surface area contributed by atoms with E-state index in [0.717, 1.165) is 17.6 Å². The van der Waals surface area contributed by atoms with Gasteiger partial charge < -0.3 is 11.1 Å². The largest absolute Gasteiger partial charge is 0.384 e. The maximum absolute atomic E-state index is 5.68. The molecule has 1 aliphatic rings. The molecule has 1 saturated carbocycles. The summed E-state index contributed by atoms with van der Waals surface area (Å²) in [6.45, 7) is 4.14. The molecule has 15 heavy (non-hydrogen) atoms. The fraction of sp³-hybridized carbons (Fsp3) is 0.636. The van der Waals surface area contributed by atoms with Crippen LogP contribution >= 0.6 is 0 Å². The third kappa shape index (κ3) is 2.37. The number of anilines is 2. The van der Waals surface area contributed by atoms with Gasteiger partial charge in [0, 0.05) is 12.1 Å². The van der Waals surface area contributed by atoms with E-state index in [4.69, 9.17) is 5.73 Å². The fourth-order valence-corrected chi connectivity index (χ4v) is 2.21. The lowest BCUT2D eigenvalue weighted by Crippen LogP contribution is -2.22. The maximum atomic E-state index is 5.68. The van der Waals surface area contributed by atoms with Crippen LogP contribution in [0.1, 0.15) is 32.0 Å². The van der Waals surface area contributed by atoms with Crippen LogP contribution in [0.3, 0.4) is 0 Å². The highest BCUT2D eigenvalue weighted by molar-refractivity contribution is 5.45. The predicted molar refractivity (Wildman–Crippen MR) is 61.6 cm³/mol. The Kier molecular flexibility index (Phi) is 2.75. The smallest absolute Gasteiger partial charge is 0.132 e. The fourth-order valence-electron chi connectivity index (χ4n) is 2.21. The van der Waals surface area contributed by atoms with E-state index in [0.29, 0.717) is 11.9 Å². The first kappa shape index (κ1) is 10.2. The molecule has 0 spiro atoms. The van der Waals surface area contributed by atoms with Crippen LogP contribution in [-0.2, 0) is 0 Å². The van der Waals surface area contributed by atoms with Crippen molar-refractivity contribution in [3.63, 3.8) is 0 Å². The lowest BCUT2D eigenvalue weighted by molar-refractivity contribution is 0.554. The molecule has 82 valence electrons. The van der Waals surface area contributed by atoms with Crippen LogP contribution < -0.4 is 11.1 Å². The molecule has 0 amide bonds. The minimum absolute atomic E-state index is 0.538. The van der Waals surface area contributed by atoms with Crippen molar-refractivity contribution in [3.05, 3.63) is 11.9 Å². The van der Waals surface area contributed by atoms with Gasteiger partial charge in [0.15, 0.2) is 0 Å². The first-order valence-corrected chi connectivity index (χ1v) is 5.53. The second-order valence-electron chi connectivity index (χ2n) is 4.38. The average molecular weight is 206 g/mol. The highest BCUT2D eigenvalue weighted by Crippen LogP contribution is 2.27. The second-order valence-corrected chi connectivity index (χ2v) is 4.38. The molecule has 1 fully saturated rings. The monoisotopic (exact) mass is 206 g/mol. The Bertz CT molecular complexity index is 330. The summed E-state index contributed by atoms with van der Waals surface area (Å²) < 4.78 is 0. The minimum Gasteiger partial charge on any atom is -0.384 e. The molecule has 1 aromatic rings. The minimum atomic E-state index is 0.538. The third-order valence-electron chi connectivity index (χ3n) is 3.05. The summed E-state index contributed by atoms with van der Waals surface area (Å²) in [6, 6.07) is 2.34. The summed E-state index contributed by atoms with van der Waals surface area (Å²) in [4.78, 5) is 8.38. The topological polar surface area (TPSA) is 63.8 Å². The zero-order valence-corrected chi connectivity index (χ0v) is 9.33. The van der Waals surface area contributed by atoms with Crippen LogP contribution in [0.5, 0.6) is 0 Å². The van der Waals surface area contributed by atoms with Crippen molar-refractivity contribution >= 4 is 11.6 Å². The van der Waals surface area contributed by atoms with Crippen LogP contribution in [0.4, 0.5) is 11.6 Å². The molecule has 0 saturated heterocycles. The van der Waals surface area contributed by atoms with Crippen molar-refractivity contribution in [1.82, 2.24) is 9.97 Å². The van der Waals surface area contributed by atoms with Crippen molar-refractivity contribution in [2.45, 2.75) is 39.2 Å². The summed E-state index contributed by atoms with van der Waals surface area (Å²) in [6.07, 6.45) is 3.83. The molecule has 1 aliphatic carbocycles. The standard InChI is InChI=1S/C11H18N4/c1-7-4-3-5-9(7)15-11-6-10(12)13-8(2)14-11/h6-7,9H,3-5H2,1-2H3,(H3,12,13,14,15). The number of hydrogen-bond donors (Lipinski definition) is 2. The van der Waals surface area contributed by atoms with Crippen LogP contribution in [-0.4, -0.2) is 16.0 Å². The van der Waals surface area contributed by atoms with Gasteiger partial charge in [-0.05, 0) is 25.7 Å². The van der Waals surface area contributed by atoms with Crippen LogP contribution in [0.25, 0.3) is 0 Å². The highest BCUT2D eigenvalue weighted by atomic mass is 15.1. The van der Waals surface area contributed by atoms with Gasteiger partial charge in [-0.1, -0.05) is 13.3 Å². The molecular weight excluding hydrogens is 188 g/mol. The number of hydrogen-bond acceptors (Lipinski definition) is 4. The molecule has 0 radical (unpaired) electrons. The molecule has 1 aromatic heterocycles. The summed E-state index contributed by atoms with van der Waals surface area (Å²) in [5.74, 6) is 2.85. The Hall–Kier alpha value is -1.32. The molecule has 1 heterocycles. The summed E-state index contributed by atoms with van der Waals surface area (Å²) in [7, 11) is 0. The highest BCUT2D eigenvalue weighted by Gasteiger charge is 2.23. The number of rotatable bonds is 2. The van der Waals surface area contributed by atoms with Crippen LogP contribution in [0, 0.1) is 12.8 Å². The van der Waals surface area contributed by atoms with Crippen LogP contribution in [0.15, 0.2) is 6.07 Å². The van der Waals surface area contributed by atoms with E-state index < -0.39 is 0 Å². The van der Waals surface area contributed by atoms with Gasteiger partial charge in [0.05, 0.1) is 0 Å². The zero-order chi connectivity index (χ0) is 10.8. The van der Waals surface area contributed by atoms with E-state index in [2.05, 4.69) is 22.2 Å². The second kappa shape index (κ2) is 4.04. The van der Waals surface area contributed by atoms with Crippen molar-refractivity contribution in [3.8, 4) is 0 Å². The van der Waals surface area contributed by atoms with Gasteiger partial charge in [-0.15, -0.1) is 0 Å². The lowest BCUT2D eigenvalue weighted by atomic mass is 10.1. The third-order valence-corrected chi connectivity index (χ3v) is 3.05. The van der Waals surface area contributed by atoms with E-state index in [1.165, 1.54) is 19.3 Å². The normalized spacial score (nSPS) is 25.5. The van der Waals surface area contributed by atoms with Crippen molar-refractivity contribution in [2.75, 3.05) is 11.1 Å². The number of nitrogen functional groups attached to an aromatic ring is 1. The average Bonchev–Trinajstić information content (AvgIpc) is 2.50. The number of aromatic nitrogens is 2. The summed E-state index contributed by atoms with van der Waals surface area (Å²) in [5, 5.41) is 3.44. The molecule has 4 nitrogen and oxygen atoms in total. The number of nitrogens with one attached hydrogen (secondary N) is 1. The molecule has 3 N–H and O–H groups in total. The van der Waals surface area contributed by atoms with Crippen molar-refractivity contribution in [1.29, 1.82) is 0 Å². The predicted octanol–water partition coefficient (Wildman–Crippen LogP) is 1.97. The van der Waals surface area contributed by atoms with Gasteiger partial charge in [0.1, 0.15) is 17.5 Å². The molecule has 0 aromatic carbocycles. The van der Waals surface area contributed by atoms with E-state index in [1.807, 2.05) is 6.92 Å². The van der Waals surface area contributed by atoms with Gasteiger partial charge >= 0.3 is 0 Å². The van der Waals surface area contributed by atoms with Gasteiger partial charge in [-0.2, -0.15) is 0 Å². The Morgan fingerprint density at radius 2 is 2.20 bits per heavy atom. The molecule has 2 atom stereocenters. The van der Waals surface area contributed by atoms with Crippen LogP contribution in [0.2, 0.25) is 0 Å². The molecule has 0 aliphatic heterocycles. The Morgan fingerprint density at radius 1 is 1.40 bits per heavy atom. The molecule has 0 bridgehead atoms. The van der Waals surface area contributed by atoms with Crippen molar-refractivity contribution < 1.29 is 0 Å². The molecule has 4 heteroatoms. The van der Waals surface area contributed by atoms with Gasteiger partial charge in [0.2, 0.25) is 0 Å². The lowest BCUT2D eigenvalue weighted by Gasteiger charge is -2.18. The zero-order valence-electron chi connectivity index (χ0n) is 9.33. The summed E-state index contributed by atoms with van der Waals surface area (Å²) >= 11 is 0. The Morgan fingerprint density at radius 3 is 2.80 bits per heavy atom. The maximum Gasteiger partial charge on any atom is 0.132 e. The molecule has 2 rings (SSSR count). The van der Waals surface area contributed by atoms with Gasteiger partial charge in [-0.3, -0.25) is 0 Å². The van der Waals surface area contributed by atoms with Crippen molar-refractivity contribution in [2.24, 2.45) is 5.92 Å². The number of nitrogens with two attached hydrogens (primary N) is 1. The van der Waals surface area contributed by atoms with E-state index in [1.54, 1.807) is 6.07 Å². The first-order valence-electron chi connectivity index (χ1n) is 5.53. The first-order chi connectivity index (χ1) is 7.15. The molecule has 2 unspecified atom stereocenters. The van der Waals surface area contributed by atoms with Gasteiger partial charge in [0.25, 0.3) is 0 Å². The summed E-state index contributed by atoms with van der Waals surface area (Å²) in [5.41, 5.74) is 5.68. The Balaban J connectivity index is 2.10. The SMILES string of the molecule is Cc1nc(N)cc(NC2CCCC2C)n1. The van der Waals surface area contributed by atoms with E-state index in [-0.39, 0.29) is 0 Å². The van der Waals surface area contributed by atoms with E-state index >= 15 is 0 Å². The quantitative estimate of drug-likeness (QED) is 0.776. The number of aryl methyl sites for hydroxylation is 1. The Labute approximate surface area is 90.3 Å². The van der Waals surface area contributed by atoms with E-state index in [9.17, 15) is 0 Å². The number of nitrogens with zero attached hydrogens (tertiary/aromatic N) is 2. The molecular formula is C11H18N4.